The quantitative estimate of drug-likeness (QED) is 0.472. The van der Waals surface area contributed by atoms with Crippen molar-refractivity contribution in [2.24, 2.45) is 10.9 Å². The molecule has 1 aliphatic heterocycles. The zero-order valence-electron chi connectivity index (χ0n) is 17.0. The molecule has 1 aromatic carbocycles. The molecule has 0 aliphatic carbocycles. The highest BCUT2D eigenvalue weighted by Crippen LogP contribution is 2.25. The minimum Gasteiger partial charge on any atom is -0.380 e. The van der Waals surface area contributed by atoms with Crippen molar-refractivity contribution >= 4 is 49.2 Å². The molecule has 1 aliphatic rings. The molecule has 1 unspecified atom stereocenters. The number of rotatable bonds is 7. The van der Waals surface area contributed by atoms with Crippen LogP contribution in [0.5, 0.6) is 0 Å². The standard InChI is InChI=1S/C19H27N3O4S3/c1-4-26-11-10-22-16-8-7-15(27-2)12-17(16)28-19(22)20-18(23)14-6-5-9-21(13-14)29(3,24)25/h7-8,12,14H,4-6,9-11,13H2,1-3H3. The smallest absolute Gasteiger partial charge is 0.252 e. The van der Waals surface area contributed by atoms with Crippen molar-refractivity contribution in [1.29, 1.82) is 0 Å². The Labute approximate surface area is 179 Å². The number of amides is 1. The van der Waals surface area contributed by atoms with Gasteiger partial charge in [-0.2, -0.15) is 4.99 Å². The third kappa shape index (κ3) is 5.49. The van der Waals surface area contributed by atoms with Crippen molar-refractivity contribution in [2.75, 3.05) is 38.8 Å². The second-order valence-electron chi connectivity index (χ2n) is 6.98. The third-order valence-corrected chi connectivity index (χ3v) is 8.00. The lowest BCUT2D eigenvalue weighted by atomic mass is 9.99. The molecule has 29 heavy (non-hydrogen) atoms. The third-order valence-electron chi connectivity index (χ3n) is 4.96. The van der Waals surface area contributed by atoms with E-state index in [1.54, 1.807) is 11.8 Å². The second kappa shape index (κ2) is 9.74. The maximum absolute atomic E-state index is 12.9. The van der Waals surface area contributed by atoms with Gasteiger partial charge in [0.05, 0.1) is 29.0 Å². The molecule has 0 radical (unpaired) electrons. The zero-order chi connectivity index (χ0) is 21.0. The van der Waals surface area contributed by atoms with Crippen molar-refractivity contribution in [3.05, 3.63) is 23.0 Å². The average Bonchev–Trinajstić information content (AvgIpc) is 3.03. The number of carbonyl (C=O) groups is 1. The number of fused-ring (bicyclic) bond motifs is 1. The molecule has 160 valence electrons. The lowest BCUT2D eigenvalue weighted by Gasteiger charge is -2.28. The Kier molecular flexibility index (Phi) is 7.55. The molecule has 0 bridgehead atoms. The van der Waals surface area contributed by atoms with E-state index < -0.39 is 15.9 Å². The predicted molar refractivity (Wildman–Crippen MR) is 118 cm³/mol. The van der Waals surface area contributed by atoms with E-state index in [1.807, 2.05) is 17.7 Å². The van der Waals surface area contributed by atoms with Crippen LogP contribution in [0.4, 0.5) is 0 Å². The zero-order valence-corrected chi connectivity index (χ0v) is 19.4. The van der Waals surface area contributed by atoms with Gasteiger partial charge < -0.3 is 9.30 Å². The van der Waals surface area contributed by atoms with Crippen LogP contribution in [0.2, 0.25) is 0 Å². The normalized spacial score (nSPS) is 19.1. The number of ether oxygens (including phenoxy) is 1. The molecule has 0 saturated carbocycles. The van der Waals surface area contributed by atoms with Crippen LogP contribution in [0.25, 0.3) is 10.2 Å². The van der Waals surface area contributed by atoms with Crippen molar-refractivity contribution in [3.8, 4) is 0 Å². The number of carbonyl (C=O) groups excluding carboxylic acids is 1. The number of benzene rings is 1. The van der Waals surface area contributed by atoms with Crippen LogP contribution in [-0.2, 0) is 26.1 Å². The first-order valence-electron chi connectivity index (χ1n) is 9.62. The summed E-state index contributed by atoms with van der Waals surface area (Å²) in [6.07, 6.45) is 4.55. The van der Waals surface area contributed by atoms with Crippen LogP contribution in [0.15, 0.2) is 28.1 Å². The summed E-state index contributed by atoms with van der Waals surface area (Å²) in [7, 11) is -3.30. The highest BCUT2D eigenvalue weighted by molar-refractivity contribution is 7.98. The van der Waals surface area contributed by atoms with Gasteiger partial charge in [-0.25, -0.2) is 12.7 Å². The van der Waals surface area contributed by atoms with Gasteiger partial charge in [0.1, 0.15) is 0 Å². The highest BCUT2D eigenvalue weighted by Gasteiger charge is 2.30. The van der Waals surface area contributed by atoms with E-state index in [2.05, 4.69) is 23.2 Å². The second-order valence-corrected chi connectivity index (χ2v) is 10.8. The van der Waals surface area contributed by atoms with Crippen molar-refractivity contribution in [1.82, 2.24) is 8.87 Å². The number of nitrogens with zero attached hydrogens (tertiary/aromatic N) is 3. The first-order valence-corrected chi connectivity index (χ1v) is 13.5. The number of thiazole rings is 1. The number of thioether (sulfide) groups is 1. The van der Waals surface area contributed by atoms with E-state index >= 15 is 0 Å². The lowest BCUT2D eigenvalue weighted by molar-refractivity contribution is -0.122. The van der Waals surface area contributed by atoms with Crippen molar-refractivity contribution in [3.63, 3.8) is 0 Å². The van der Waals surface area contributed by atoms with Crippen molar-refractivity contribution in [2.45, 2.75) is 31.2 Å². The van der Waals surface area contributed by atoms with E-state index in [1.165, 1.54) is 21.9 Å². The van der Waals surface area contributed by atoms with Gasteiger partial charge in [0.2, 0.25) is 10.0 Å². The fraction of sp³-hybridized carbons (Fsp3) is 0.579. The van der Waals surface area contributed by atoms with E-state index in [-0.39, 0.29) is 12.5 Å². The summed E-state index contributed by atoms with van der Waals surface area (Å²) >= 11 is 3.16. The topological polar surface area (TPSA) is 81.0 Å². The van der Waals surface area contributed by atoms with Crippen LogP contribution in [-0.4, -0.2) is 62.0 Å². The summed E-state index contributed by atoms with van der Waals surface area (Å²) < 4.78 is 33.7. The van der Waals surface area contributed by atoms with Crippen molar-refractivity contribution < 1.29 is 17.9 Å². The molecule has 7 nitrogen and oxygen atoms in total. The number of hydrogen-bond donors (Lipinski definition) is 0. The van der Waals surface area contributed by atoms with Crippen LogP contribution < -0.4 is 4.80 Å². The van der Waals surface area contributed by atoms with Gasteiger partial charge in [-0.1, -0.05) is 11.3 Å². The predicted octanol–water partition coefficient (Wildman–Crippen LogP) is 2.56. The summed E-state index contributed by atoms with van der Waals surface area (Å²) in [5, 5.41) is 0. The number of hydrogen-bond acceptors (Lipinski definition) is 6. The monoisotopic (exact) mass is 457 g/mol. The van der Waals surface area contributed by atoms with Gasteiger partial charge in [0, 0.05) is 31.1 Å². The molecule has 1 saturated heterocycles. The Balaban J connectivity index is 1.94. The molecule has 1 amide bonds. The fourth-order valence-corrected chi connectivity index (χ4v) is 5.94. The molecule has 1 fully saturated rings. The Hall–Kier alpha value is -1.20. The van der Waals surface area contributed by atoms with E-state index in [0.29, 0.717) is 43.9 Å². The molecule has 0 spiro atoms. The van der Waals surface area contributed by atoms with Gasteiger partial charge in [0.25, 0.3) is 5.91 Å². The van der Waals surface area contributed by atoms with E-state index in [9.17, 15) is 13.2 Å². The first kappa shape index (κ1) is 22.5. The number of piperidine rings is 1. The summed E-state index contributed by atoms with van der Waals surface area (Å²) in [5.41, 5.74) is 1.03. The minimum absolute atomic E-state index is 0.210. The van der Waals surface area contributed by atoms with Gasteiger partial charge in [0.15, 0.2) is 4.80 Å². The lowest BCUT2D eigenvalue weighted by Crippen LogP contribution is -2.41. The SMILES string of the molecule is CCOCCn1c(=NC(=O)C2CCCN(S(C)(=O)=O)C2)sc2cc(SC)ccc21. The molecule has 10 heteroatoms. The van der Waals surface area contributed by atoms with E-state index in [0.717, 1.165) is 15.1 Å². The van der Waals surface area contributed by atoms with Gasteiger partial charge >= 0.3 is 0 Å². The molecular formula is C19H27N3O4S3. The molecular weight excluding hydrogens is 430 g/mol. The van der Waals surface area contributed by atoms with E-state index in [4.69, 9.17) is 4.74 Å². The van der Waals surface area contributed by atoms with Gasteiger partial charge in [-0.05, 0) is 44.2 Å². The minimum atomic E-state index is -3.30. The fourth-order valence-electron chi connectivity index (χ4n) is 3.41. The summed E-state index contributed by atoms with van der Waals surface area (Å²) in [4.78, 5) is 19.1. The molecule has 3 rings (SSSR count). The Morgan fingerprint density at radius 3 is 2.90 bits per heavy atom. The maximum atomic E-state index is 12.9. The summed E-state index contributed by atoms with van der Waals surface area (Å²) in [6, 6.07) is 6.23. The summed E-state index contributed by atoms with van der Waals surface area (Å²) in [5.74, 6) is -0.647. The molecule has 2 heterocycles. The Morgan fingerprint density at radius 2 is 2.21 bits per heavy atom. The van der Waals surface area contributed by atoms with Gasteiger partial charge in [-0.15, -0.1) is 11.8 Å². The van der Waals surface area contributed by atoms with Crippen LogP contribution >= 0.6 is 23.1 Å². The van der Waals surface area contributed by atoms with Crippen LogP contribution in [0.3, 0.4) is 0 Å². The average molecular weight is 458 g/mol. The first-order chi connectivity index (χ1) is 13.8. The van der Waals surface area contributed by atoms with Crippen LogP contribution in [0, 0.1) is 5.92 Å². The molecule has 1 atom stereocenters. The highest BCUT2D eigenvalue weighted by atomic mass is 32.2. The Morgan fingerprint density at radius 1 is 1.41 bits per heavy atom. The number of sulfonamides is 1. The largest absolute Gasteiger partial charge is 0.380 e. The molecule has 2 aromatic rings. The number of aromatic nitrogens is 1. The molecule has 0 N–H and O–H groups in total. The maximum Gasteiger partial charge on any atom is 0.252 e. The van der Waals surface area contributed by atoms with Gasteiger partial charge in [-0.3, -0.25) is 4.79 Å². The van der Waals surface area contributed by atoms with Crippen LogP contribution in [0.1, 0.15) is 19.8 Å². The summed E-state index contributed by atoms with van der Waals surface area (Å²) in [6.45, 7) is 4.41. The molecule has 1 aromatic heterocycles. The Bertz CT molecular complexity index is 1040.